The predicted molar refractivity (Wildman–Crippen MR) is 119 cm³/mol. The van der Waals surface area contributed by atoms with Gasteiger partial charge in [0.1, 0.15) is 11.6 Å². The number of anilines is 2. The highest BCUT2D eigenvalue weighted by Gasteiger charge is 2.31. The van der Waals surface area contributed by atoms with Crippen molar-refractivity contribution in [3.8, 4) is 5.75 Å². The number of nitrogens with one attached hydrogen (secondary N) is 2. The zero-order valence-electron chi connectivity index (χ0n) is 17.8. The third-order valence-corrected chi connectivity index (χ3v) is 6.27. The number of benzene rings is 1. The monoisotopic (exact) mass is 423 g/mol. The molecule has 31 heavy (non-hydrogen) atoms. The van der Waals surface area contributed by atoms with Crippen LogP contribution in [0, 0.1) is 11.3 Å². The number of hydrogen-bond acceptors (Lipinski definition) is 6. The van der Waals surface area contributed by atoms with Crippen LogP contribution < -0.4 is 10.1 Å². The van der Waals surface area contributed by atoms with Gasteiger partial charge in [0.25, 0.3) is 0 Å². The first kappa shape index (κ1) is 21.3. The summed E-state index contributed by atoms with van der Waals surface area (Å²) in [5.41, 5.74) is 1.73. The van der Waals surface area contributed by atoms with Gasteiger partial charge in [0.15, 0.2) is 5.69 Å². The first-order chi connectivity index (χ1) is 15.0. The summed E-state index contributed by atoms with van der Waals surface area (Å²) < 4.78 is 11.8. The number of rotatable bonds is 8. The molecule has 4 rings (SSSR count). The Labute approximate surface area is 182 Å². The van der Waals surface area contributed by atoms with Gasteiger partial charge < -0.3 is 25.3 Å². The highest BCUT2D eigenvalue weighted by atomic mass is 16.5. The van der Waals surface area contributed by atoms with E-state index in [1.165, 1.54) is 6.07 Å². The lowest BCUT2D eigenvalue weighted by Crippen LogP contribution is -2.29. The summed E-state index contributed by atoms with van der Waals surface area (Å²) in [4.78, 5) is 16.2. The van der Waals surface area contributed by atoms with Crippen LogP contribution in [0.1, 0.15) is 61.0 Å². The predicted octanol–water partition coefficient (Wildman–Crippen LogP) is 5.03. The number of hydrogen-bond donors (Lipinski definition) is 3. The molecule has 164 valence electrons. The molecule has 2 aliphatic carbocycles. The molecule has 0 saturated heterocycles. The molecule has 1 aromatic carbocycles. The molecular formula is C24H29N3O4. The number of para-hydroxylation sites is 1. The van der Waals surface area contributed by atoms with Crippen molar-refractivity contribution in [2.75, 3.05) is 12.4 Å². The molecule has 0 radical (unpaired) electrons. The zero-order chi connectivity index (χ0) is 21.8. The summed E-state index contributed by atoms with van der Waals surface area (Å²) in [6, 6.07) is 11.0. The fourth-order valence-corrected chi connectivity index (χ4v) is 4.20. The van der Waals surface area contributed by atoms with E-state index in [-0.39, 0.29) is 23.8 Å². The second-order valence-electron chi connectivity index (χ2n) is 8.32. The fourth-order valence-electron chi connectivity index (χ4n) is 4.20. The number of carboxylic acid groups (broad SMARTS) is 1. The molecule has 7 heteroatoms. The van der Waals surface area contributed by atoms with Crippen LogP contribution in [-0.4, -0.2) is 41.1 Å². The van der Waals surface area contributed by atoms with Crippen molar-refractivity contribution in [3.05, 3.63) is 47.7 Å². The number of aromatic carboxylic acids is 1. The molecule has 0 atom stereocenters. The molecule has 0 bridgehead atoms. The summed E-state index contributed by atoms with van der Waals surface area (Å²) in [5, 5.41) is 21.7. The van der Waals surface area contributed by atoms with E-state index in [0.717, 1.165) is 50.6 Å². The number of ether oxygens (including phenoxy) is 2. The van der Waals surface area contributed by atoms with Gasteiger partial charge in [0.2, 0.25) is 0 Å². The van der Waals surface area contributed by atoms with Gasteiger partial charge in [-0.15, -0.1) is 0 Å². The number of pyridine rings is 1. The summed E-state index contributed by atoms with van der Waals surface area (Å²) in [7, 11) is 1.73. The molecule has 0 unspecified atom stereocenters. The van der Waals surface area contributed by atoms with Crippen LogP contribution in [0.4, 0.5) is 11.5 Å². The zero-order valence-corrected chi connectivity index (χ0v) is 17.8. The number of aromatic nitrogens is 1. The Hall–Kier alpha value is -2.93. The van der Waals surface area contributed by atoms with Gasteiger partial charge in [-0.05, 0) is 50.7 Å². The van der Waals surface area contributed by atoms with Gasteiger partial charge in [0.05, 0.1) is 17.8 Å². The molecule has 2 aliphatic rings. The van der Waals surface area contributed by atoms with Gasteiger partial charge >= 0.3 is 5.97 Å². The Morgan fingerprint density at radius 2 is 1.77 bits per heavy atom. The standard InChI is InChI=1S/C24H29N3O4/c1-30-17-10-12-18(13-11-17)31-20-14-19(24(28)29)27-23(26-16-8-3-2-4-9-16)21(20)22(25)15-6-5-7-15/h2-4,8-9,14-15,17-18,25H,5-7,10-13H2,1H3,(H,26,27)(H,28,29)/t17-,18-. The first-order valence-corrected chi connectivity index (χ1v) is 10.9. The second-order valence-corrected chi connectivity index (χ2v) is 8.32. The molecule has 2 saturated carbocycles. The Morgan fingerprint density at radius 3 is 2.35 bits per heavy atom. The Bertz CT molecular complexity index is 935. The van der Waals surface area contributed by atoms with Crippen LogP contribution >= 0.6 is 0 Å². The molecule has 2 aromatic rings. The maximum Gasteiger partial charge on any atom is 0.354 e. The molecule has 3 N–H and O–H groups in total. The Balaban J connectivity index is 1.71. The van der Waals surface area contributed by atoms with E-state index in [1.807, 2.05) is 30.3 Å². The van der Waals surface area contributed by atoms with Crippen LogP contribution in [0.25, 0.3) is 0 Å². The van der Waals surface area contributed by atoms with Gasteiger partial charge in [0, 0.05) is 30.5 Å². The van der Waals surface area contributed by atoms with Crippen LogP contribution in [0.5, 0.6) is 5.75 Å². The van der Waals surface area contributed by atoms with Crippen molar-refractivity contribution in [3.63, 3.8) is 0 Å². The molecule has 0 amide bonds. The van der Waals surface area contributed by atoms with Crippen molar-refractivity contribution >= 4 is 23.2 Å². The van der Waals surface area contributed by atoms with Crippen molar-refractivity contribution in [1.82, 2.24) is 4.98 Å². The number of carboxylic acids is 1. The first-order valence-electron chi connectivity index (χ1n) is 10.9. The van der Waals surface area contributed by atoms with Gasteiger partial charge in [-0.25, -0.2) is 9.78 Å². The Kier molecular flexibility index (Phi) is 6.51. The molecule has 1 aromatic heterocycles. The van der Waals surface area contributed by atoms with E-state index in [4.69, 9.17) is 14.9 Å². The van der Waals surface area contributed by atoms with E-state index in [1.54, 1.807) is 7.11 Å². The highest BCUT2D eigenvalue weighted by molar-refractivity contribution is 6.07. The maximum atomic E-state index is 11.8. The van der Waals surface area contributed by atoms with E-state index in [2.05, 4.69) is 10.3 Å². The SMILES string of the molecule is CO[C@H]1CC[C@H](Oc2cc(C(=O)O)nc(Nc3ccccc3)c2C(=N)C2CCC2)CC1. The van der Waals surface area contributed by atoms with Gasteiger partial charge in [-0.1, -0.05) is 24.6 Å². The van der Waals surface area contributed by atoms with E-state index in [9.17, 15) is 9.90 Å². The molecule has 0 aliphatic heterocycles. The van der Waals surface area contributed by atoms with Crippen LogP contribution in [0.3, 0.4) is 0 Å². The molecule has 2 fully saturated rings. The second kappa shape index (κ2) is 9.47. The Morgan fingerprint density at radius 1 is 1.10 bits per heavy atom. The largest absolute Gasteiger partial charge is 0.490 e. The lowest BCUT2D eigenvalue weighted by Gasteiger charge is -2.31. The van der Waals surface area contributed by atoms with Crippen LogP contribution in [0.2, 0.25) is 0 Å². The highest BCUT2D eigenvalue weighted by Crippen LogP contribution is 2.38. The van der Waals surface area contributed by atoms with Crippen LogP contribution in [0.15, 0.2) is 36.4 Å². The van der Waals surface area contributed by atoms with E-state index in [0.29, 0.717) is 22.8 Å². The maximum absolute atomic E-state index is 11.8. The lowest BCUT2D eigenvalue weighted by atomic mass is 9.79. The third-order valence-electron chi connectivity index (χ3n) is 6.27. The van der Waals surface area contributed by atoms with Crippen molar-refractivity contribution in [1.29, 1.82) is 5.41 Å². The smallest absolute Gasteiger partial charge is 0.354 e. The lowest BCUT2D eigenvalue weighted by molar-refractivity contribution is 0.0326. The normalized spacial score (nSPS) is 21.2. The number of methoxy groups -OCH3 is 1. The molecule has 1 heterocycles. The van der Waals surface area contributed by atoms with E-state index >= 15 is 0 Å². The summed E-state index contributed by atoms with van der Waals surface area (Å²) in [6.07, 6.45) is 6.72. The van der Waals surface area contributed by atoms with Crippen molar-refractivity contribution < 1.29 is 19.4 Å². The van der Waals surface area contributed by atoms with Crippen molar-refractivity contribution in [2.24, 2.45) is 5.92 Å². The summed E-state index contributed by atoms with van der Waals surface area (Å²) in [5.74, 6) is -0.168. The van der Waals surface area contributed by atoms with Gasteiger partial charge in [-0.2, -0.15) is 0 Å². The quantitative estimate of drug-likeness (QED) is 0.515. The number of nitrogens with zero attached hydrogens (tertiary/aromatic N) is 1. The molecule has 0 spiro atoms. The van der Waals surface area contributed by atoms with E-state index < -0.39 is 5.97 Å². The number of carbonyl (C=O) groups is 1. The average molecular weight is 424 g/mol. The third kappa shape index (κ3) is 4.88. The van der Waals surface area contributed by atoms with Crippen molar-refractivity contribution in [2.45, 2.75) is 57.2 Å². The fraction of sp³-hybridized carbons (Fsp3) is 0.458. The molecule has 7 nitrogen and oxygen atoms in total. The summed E-state index contributed by atoms with van der Waals surface area (Å²) in [6.45, 7) is 0. The topological polar surface area (TPSA) is 105 Å². The minimum atomic E-state index is -1.12. The summed E-state index contributed by atoms with van der Waals surface area (Å²) >= 11 is 0. The molecular weight excluding hydrogens is 394 g/mol. The average Bonchev–Trinajstić information content (AvgIpc) is 2.73. The minimum absolute atomic E-state index is 0.0343. The van der Waals surface area contributed by atoms with Gasteiger partial charge in [-0.3, -0.25) is 0 Å². The van der Waals surface area contributed by atoms with Crippen LogP contribution in [-0.2, 0) is 4.74 Å². The minimum Gasteiger partial charge on any atom is -0.490 e.